The van der Waals surface area contributed by atoms with Gasteiger partial charge in [0.1, 0.15) is 5.75 Å². The molecule has 2 aliphatic rings. The lowest BCUT2D eigenvalue weighted by molar-refractivity contribution is -0.127. The highest BCUT2D eigenvalue weighted by atomic mass is 16.5. The highest BCUT2D eigenvalue weighted by molar-refractivity contribution is 6.02. The third-order valence-corrected chi connectivity index (χ3v) is 7.92. The molecule has 0 aromatic heterocycles. The second-order valence-electron chi connectivity index (χ2n) is 10.8. The molecule has 3 aromatic rings. The largest absolute Gasteiger partial charge is 0.493 e. The van der Waals surface area contributed by atoms with Gasteiger partial charge in [0.25, 0.3) is 5.91 Å². The minimum Gasteiger partial charge on any atom is -0.493 e. The van der Waals surface area contributed by atoms with Gasteiger partial charge in [0, 0.05) is 31.1 Å². The smallest absolute Gasteiger partial charge is 0.251 e. The van der Waals surface area contributed by atoms with Crippen LogP contribution in [0, 0.1) is 20.8 Å². The van der Waals surface area contributed by atoms with Gasteiger partial charge in [-0.25, -0.2) is 0 Å². The van der Waals surface area contributed by atoms with Crippen LogP contribution in [0.5, 0.6) is 5.75 Å². The monoisotopic (exact) mass is 508 g/mol. The molecule has 4 heteroatoms. The van der Waals surface area contributed by atoms with E-state index in [-0.39, 0.29) is 5.91 Å². The molecular weight excluding hydrogens is 468 g/mol. The highest BCUT2D eigenvalue weighted by Gasteiger charge is 2.35. The van der Waals surface area contributed by atoms with E-state index in [1.54, 1.807) is 0 Å². The Labute approximate surface area is 227 Å². The van der Waals surface area contributed by atoms with Crippen LogP contribution in [0.2, 0.25) is 0 Å². The Hall–Kier alpha value is -3.37. The van der Waals surface area contributed by atoms with Crippen molar-refractivity contribution in [2.45, 2.75) is 58.9 Å². The molecule has 0 radical (unpaired) electrons. The number of benzene rings is 3. The summed E-state index contributed by atoms with van der Waals surface area (Å²) in [4.78, 5) is 15.9. The number of ether oxygens (including phenoxy) is 1. The fourth-order valence-electron chi connectivity index (χ4n) is 5.41. The molecular formula is C34H40N2O2. The van der Waals surface area contributed by atoms with Gasteiger partial charge in [-0.3, -0.25) is 4.79 Å². The van der Waals surface area contributed by atoms with E-state index in [0.29, 0.717) is 19.2 Å². The van der Waals surface area contributed by atoms with Gasteiger partial charge in [-0.05, 0) is 98.0 Å². The maximum Gasteiger partial charge on any atom is 0.251 e. The van der Waals surface area contributed by atoms with E-state index in [2.05, 4.69) is 91.7 Å². The van der Waals surface area contributed by atoms with Crippen LogP contribution < -0.4 is 10.1 Å². The first kappa shape index (κ1) is 26.2. The molecule has 198 valence electrons. The molecule has 5 rings (SSSR count). The molecule has 1 aliphatic carbocycles. The summed E-state index contributed by atoms with van der Waals surface area (Å²) in [6.07, 6.45) is 4.88. The van der Waals surface area contributed by atoms with Gasteiger partial charge in [0.05, 0.1) is 6.61 Å². The SMILES string of the molecule is Cc1cc(C)c(C)c(OCCc2ccc(C3=C(C(=O)N(CCc4ccccc4)C4CC4)CNCC3)cc2)c1. The van der Waals surface area contributed by atoms with Crippen LogP contribution in [0.4, 0.5) is 0 Å². The summed E-state index contributed by atoms with van der Waals surface area (Å²) < 4.78 is 6.14. The van der Waals surface area contributed by atoms with E-state index < -0.39 is 0 Å². The molecule has 1 fully saturated rings. The van der Waals surface area contributed by atoms with Gasteiger partial charge in [0.15, 0.2) is 0 Å². The molecule has 4 nitrogen and oxygen atoms in total. The van der Waals surface area contributed by atoms with Crippen LogP contribution in [0.25, 0.3) is 5.57 Å². The van der Waals surface area contributed by atoms with Gasteiger partial charge >= 0.3 is 0 Å². The Bertz CT molecular complexity index is 1290. The first-order valence-corrected chi connectivity index (χ1v) is 14.1. The molecule has 1 heterocycles. The van der Waals surface area contributed by atoms with Crippen LogP contribution >= 0.6 is 0 Å². The highest BCUT2D eigenvalue weighted by Crippen LogP contribution is 2.32. The average molecular weight is 509 g/mol. The van der Waals surface area contributed by atoms with E-state index >= 15 is 0 Å². The zero-order valence-corrected chi connectivity index (χ0v) is 23.1. The number of aryl methyl sites for hydroxylation is 2. The third-order valence-electron chi connectivity index (χ3n) is 7.92. The molecule has 3 aromatic carbocycles. The zero-order chi connectivity index (χ0) is 26.5. The van der Waals surface area contributed by atoms with Crippen molar-refractivity contribution in [1.29, 1.82) is 0 Å². The first-order chi connectivity index (χ1) is 18.5. The summed E-state index contributed by atoms with van der Waals surface area (Å²) in [7, 11) is 0. The van der Waals surface area contributed by atoms with Gasteiger partial charge < -0.3 is 15.0 Å². The van der Waals surface area contributed by atoms with Crippen LogP contribution in [-0.2, 0) is 17.6 Å². The Morgan fingerprint density at radius 3 is 2.42 bits per heavy atom. The summed E-state index contributed by atoms with van der Waals surface area (Å²) in [5.74, 6) is 1.20. The van der Waals surface area contributed by atoms with Crippen molar-refractivity contribution in [2.75, 3.05) is 26.2 Å². The topological polar surface area (TPSA) is 41.6 Å². The Kier molecular flexibility index (Phi) is 8.29. The maximum atomic E-state index is 13.8. The second kappa shape index (κ2) is 12.0. The van der Waals surface area contributed by atoms with Crippen molar-refractivity contribution in [3.8, 4) is 5.75 Å². The summed E-state index contributed by atoms with van der Waals surface area (Å²) in [5, 5.41) is 3.45. The molecule has 0 atom stereocenters. The van der Waals surface area contributed by atoms with Gasteiger partial charge in [-0.2, -0.15) is 0 Å². The summed E-state index contributed by atoms with van der Waals surface area (Å²) >= 11 is 0. The molecule has 0 saturated heterocycles. The van der Waals surface area contributed by atoms with Crippen molar-refractivity contribution in [1.82, 2.24) is 10.2 Å². The Morgan fingerprint density at radius 1 is 0.947 bits per heavy atom. The number of hydrogen-bond acceptors (Lipinski definition) is 3. The van der Waals surface area contributed by atoms with Crippen molar-refractivity contribution >= 4 is 11.5 Å². The molecule has 0 bridgehead atoms. The zero-order valence-electron chi connectivity index (χ0n) is 23.1. The van der Waals surface area contributed by atoms with E-state index in [1.165, 1.54) is 39.0 Å². The molecule has 1 saturated carbocycles. The van der Waals surface area contributed by atoms with E-state index in [1.807, 2.05) is 6.07 Å². The number of nitrogens with zero attached hydrogens (tertiary/aromatic N) is 1. The molecule has 38 heavy (non-hydrogen) atoms. The average Bonchev–Trinajstić information content (AvgIpc) is 3.78. The van der Waals surface area contributed by atoms with Crippen LogP contribution in [0.1, 0.15) is 52.6 Å². The molecule has 0 unspecified atom stereocenters. The van der Waals surface area contributed by atoms with Crippen molar-refractivity contribution in [3.63, 3.8) is 0 Å². The van der Waals surface area contributed by atoms with E-state index in [9.17, 15) is 4.79 Å². The molecule has 1 N–H and O–H groups in total. The standard InChI is InChI=1S/C34H40N2O2/c1-24-21-25(2)26(3)33(22-24)38-20-17-28-9-11-29(12-10-28)31-15-18-35-23-32(31)34(37)36(30-13-14-30)19-16-27-7-5-4-6-8-27/h4-12,21-22,30,35H,13-20,23H2,1-3H3. The summed E-state index contributed by atoms with van der Waals surface area (Å²) in [6.45, 7) is 9.35. The fraction of sp³-hybridized carbons (Fsp3) is 0.382. The number of rotatable bonds is 10. The summed E-state index contributed by atoms with van der Waals surface area (Å²) in [6, 6.07) is 24.0. The quantitative estimate of drug-likeness (QED) is 0.354. The van der Waals surface area contributed by atoms with Gasteiger partial charge in [0.2, 0.25) is 0 Å². The maximum absolute atomic E-state index is 13.8. The second-order valence-corrected chi connectivity index (χ2v) is 10.8. The molecule has 1 amide bonds. The summed E-state index contributed by atoms with van der Waals surface area (Å²) in [5.41, 5.74) is 9.56. The van der Waals surface area contributed by atoms with Crippen molar-refractivity contribution in [2.24, 2.45) is 0 Å². The fourth-order valence-corrected chi connectivity index (χ4v) is 5.41. The van der Waals surface area contributed by atoms with Gasteiger partial charge in [-0.1, -0.05) is 60.7 Å². The number of hydrogen-bond donors (Lipinski definition) is 1. The molecule has 0 spiro atoms. The van der Waals surface area contributed by atoms with Crippen molar-refractivity contribution in [3.05, 3.63) is 106 Å². The third kappa shape index (κ3) is 6.36. The Morgan fingerprint density at radius 2 is 1.68 bits per heavy atom. The normalized spacial score (nSPS) is 15.4. The minimum absolute atomic E-state index is 0.215. The lowest BCUT2D eigenvalue weighted by Crippen LogP contribution is -2.40. The van der Waals surface area contributed by atoms with Crippen molar-refractivity contribution < 1.29 is 9.53 Å². The van der Waals surface area contributed by atoms with E-state index in [4.69, 9.17) is 4.74 Å². The van der Waals surface area contributed by atoms with Gasteiger partial charge in [-0.15, -0.1) is 0 Å². The predicted molar refractivity (Wildman–Crippen MR) is 156 cm³/mol. The number of amides is 1. The minimum atomic E-state index is 0.215. The lowest BCUT2D eigenvalue weighted by atomic mass is 9.92. The number of carbonyl (C=O) groups is 1. The first-order valence-electron chi connectivity index (χ1n) is 14.1. The van der Waals surface area contributed by atoms with E-state index in [0.717, 1.165) is 56.5 Å². The van der Waals surface area contributed by atoms with Crippen LogP contribution in [-0.4, -0.2) is 43.1 Å². The van der Waals surface area contributed by atoms with Crippen LogP contribution in [0.3, 0.4) is 0 Å². The predicted octanol–water partition coefficient (Wildman–Crippen LogP) is 6.21. The molecule has 1 aliphatic heterocycles. The van der Waals surface area contributed by atoms with Crippen LogP contribution in [0.15, 0.2) is 72.3 Å². The number of carbonyl (C=O) groups excluding carboxylic acids is 1. The number of nitrogens with one attached hydrogen (secondary N) is 1. The Balaban J connectivity index is 1.26. The lowest BCUT2D eigenvalue weighted by Gasteiger charge is -2.28.